The first-order valence-corrected chi connectivity index (χ1v) is 8.67. The van der Waals surface area contributed by atoms with Gasteiger partial charge in [0.15, 0.2) is 0 Å². The van der Waals surface area contributed by atoms with Crippen molar-refractivity contribution in [2.45, 2.75) is 12.3 Å². The van der Waals surface area contributed by atoms with Crippen molar-refractivity contribution in [3.63, 3.8) is 0 Å². The Morgan fingerprint density at radius 3 is 1.90 bits per heavy atom. The number of amides is 1. The number of nitrogens with zero attached hydrogens (tertiary/aromatic N) is 1. The fourth-order valence-corrected chi connectivity index (χ4v) is 2.74. The molecule has 0 aliphatic rings. The van der Waals surface area contributed by atoms with Crippen LogP contribution in [0.25, 0.3) is 0 Å². The van der Waals surface area contributed by atoms with Crippen LogP contribution in [-0.2, 0) is 4.79 Å². The minimum atomic E-state index is -0.216. The number of halogens is 1. The maximum absolute atomic E-state index is 12.9. The Balaban J connectivity index is 2.31. The lowest BCUT2D eigenvalue weighted by atomic mass is 9.90. The van der Waals surface area contributed by atoms with E-state index in [-0.39, 0.29) is 11.8 Å². The van der Waals surface area contributed by atoms with Crippen molar-refractivity contribution in [3.05, 3.63) is 71.8 Å². The highest BCUT2D eigenvalue weighted by molar-refractivity contribution is 14.1. The molecule has 0 saturated heterocycles. The van der Waals surface area contributed by atoms with Gasteiger partial charge in [-0.3, -0.25) is 4.79 Å². The highest BCUT2D eigenvalue weighted by Gasteiger charge is 2.25. The molecule has 0 radical (unpaired) electrons. The summed E-state index contributed by atoms with van der Waals surface area (Å²) in [5.41, 5.74) is 2.10. The molecule has 0 heterocycles. The Labute approximate surface area is 140 Å². The van der Waals surface area contributed by atoms with E-state index in [1.807, 2.05) is 72.6 Å². The van der Waals surface area contributed by atoms with E-state index < -0.39 is 0 Å². The second-order valence-corrected chi connectivity index (χ2v) is 6.14. The van der Waals surface area contributed by atoms with Gasteiger partial charge in [-0.15, -0.1) is 0 Å². The van der Waals surface area contributed by atoms with Crippen molar-refractivity contribution >= 4 is 28.5 Å². The topological polar surface area (TPSA) is 20.3 Å². The lowest BCUT2D eigenvalue weighted by molar-refractivity contribution is -0.130. The molecule has 0 aliphatic carbocycles. The zero-order valence-electron chi connectivity index (χ0n) is 12.2. The molecule has 0 unspecified atom stereocenters. The van der Waals surface area contributed by atoms with Gasteiger partial charge in [0.2, 0.25) is 5.91 Å². The van der Waals surface area contributed by atoms with Gasteiger partial charge in [-0.2, -0.15) is 0 Å². The lowest BCUT2D eigenvalue weighted by Crippen LogP contribution is -2.33. The fraction of sp³-hybridized carbons (Fsp3) is 0.278. The van der Waals surface area contributed by atoms with Gasteiger partial charge in [-0.05, 0) is 17.5 Å². The summed E-state index contributed by atoms with van der Waals surface area (Å²) in [6, 6.07) is 20.0. The lowest BCUT2D eigenvalue weighted by Gasteiger charge is -2.24. The van der Waals surface area contributed by atoms with Gasteiger partial charge in [0, 0.05) is 18.0 Å². The van der Waals surface area contributed by atoms with Crippen LogP contribution in [-0.4, -0.2) is 28.8 Å². The third-order valence-corrected chi connectivity index (χ3v) is 4.28. The van der Waals surface area contributed by atoms with E-state index in [0.717, 1.165) is 28.5 Å². The summed E-state index contributed by atoms with van der Waals surface area (Å²) in [6.45, 7) is 0.804. The second kappa shape index (κ2) is 8.17. The smallest absolute Gasteiger partial charge is 0.234 e. The average Bonchev–Trinajstić information content (AvgIpc) is 2.54. The van der Waals surface area contributed by atoms with E-state index in [0.29, 0.717) is 0 Å². The first kappa shape index (κ1) is 16.0. The Bertz CT molecular complexity index is 516. The first-order chi connectivity index (χ1) is 10.2. The molecule has 0 N–H and O–H groups in total. The van der Waals surface area contributed by atoms with Crippen molar-refractivity contribution in [2.75, 3.05) is 18.0 Å². The Morgan fingerprint density at radius 2 is 1.48 bits per heavy atom. The third kappa shape index (κ3) is 4.30. The number of hydrogen-bond acceptors (Lipinski definition) is 1. The SMILES string of the molecule is CN(CCCI)C(=O)C(c1ccccc1)c1ccccc1. The molecule has 2 aromatic rings. The third-order valence-electron chi connectivity index (χ3n) is 3.52. The minimum Gasteiger partial charge on any atom is -0.345 e. The molecule has 0 aliphatic heterocycles. The van der Waals surface area contributed by atoms with Crippen LogP contribution in [0.1, 0.15) is 23.5 Å². The van der Waals surface area contributed by atoms with Crippen LogP contribution < -0.4 is 0 Å². The average molecular weight is 393 g/mol. The number of carbonyl (C=O) groups is 1. The van der Waals surface area contributed by atoms with E-state index in [9.17, 15) is 4.79 Å². The largest absolute Gasteiger partial charge is 0.345 e. The molecule has 1 amide bonds. The van der Waals surface area contributed by atoms with Crippen molar-refractivity contribution in [1.29, 1.82) is 0 Å². The van der Waals surface area contributed by atoms with Gasteiger partial charge in [-0.25, -0.2) is 0 Å². The zero-order valence-corrected chi connectivity index (χ0v) is 14.4. The molecule has 21 heavy (non-hydrogen) atoms. The molecule has 0 aromatic heterocycles. The van der Waals surface area contributed by atoms with Crippen LogP contribution in [0, 0.1) is 0 Å². The van der Waals surface area contributed by atoms with Crippen molar-refractivity contribution in [2.24, 2.45) is 0 Å². The second-order valence-electron chi connectivity index (χ2n) is 5.06. The molecule has 0 atom stereocenters. The van der Waals surface area contributed by atoms with Crippen LogP contribution in [0.15, 0.2) is 60.7 Å². The minimum absolute atomic E-state index is 0.164. The quantitative estimate of drug-likeness (QED) is 0.535. The summed E-state index contributed by atoms with van der Waals surface area (Å²) < 4.78 is 1.07. The monoisotopic (exact) mass is 393 g/mol. The van der Waals surface area contributed by atoms with Crippen LogP contribution in [0.2, 0.25) is 0 Å². The van der Waals surface area contributed by atoms with E-state index >= 15 is 0 Å². The number of rotatable bonds is 6. The molecule has 110 valence electrons. The molecular weight excluding hydrogens is 373 g/mol. The van der Waals surface area contributed by atoms with E-state index in [2.05, 4.69) is 22.6 Å². The van der Waals surface area contributed by atoms with Gasteiger partial charge in [0.25, 0.3) is 0 Å². The van der Waals surface area contributed by atoms with Gasteiger partial charge < -0.3 is 4.90 Å². The highest BCUT2D eigenvalue weighted by Crippen LogP contribution is 2.26. The molecule has 0 spiro atoms. The predicted octanol–water partition coefficient (Wildman–Crippen LogP) is 4.10. The van der Waals surface area contributed by atoms with E-state index in [1.165, 1.54) is 0 Å². The van der Waals surface area contributed by atoms with Crippen LogP contribution in [0.4, 0.5) is 0 Å². The molecule has 2 rings (SSSR count). The number of alkyl halides is 1. The van der Waals surface area contributed by atoms with Gasteiger partial charge in [0.05, 0.1) is 5.92 Å². The number of carbonyl (C=O) groups excluding carboxylic acids is 1. The van der Waals surface area contributed by atoms with Gasteiger partial charge in [-0.1, -0.05) is 83.3 Å². The predicted molar refractivity (Wildman–Crippen MR) is 95.9 cm³/mol. The molecule has 2 aromatic carbocycles. The van der Waals surface area contributed by atoms with E-state index in [1.54, 1.807) is 0 Å². The summed E-state index contributed by atoms with van der Waals surface area (Å²) in [7, 11) is 1.90. The highest BCUT2D eigenvalue weighted by atomic mass is 127. The number of likely N-dealkylation sites (N-methyl/N-ethyl adjacent to an activating group) is 1. The molecular formula is C18H20INO. The molecule has 3 heteroatoms. The molecule has 0 saturated carbocycles. The first-order valence-electron chi connectivity index (χ1n) is 7.15. The van der Waals surface area contributed by atoms with Crippen LogP contribution in [0.5, 0.6) is 0 Å². The maximum Gasteiger partial charge on any atom is 0.234 e. The van der Waals surface area contributed by atoms with Crippen molar-refractivity contribution in [3.8, 4) is 0 Å². The van der Waals surface area contributed by atoms with E-state index in [4.69, 9.17) is 0 Å². The zero-order chi connectivity index (χ0) is 15.1. The summed E-state index contributed by atoms with van der Waals surface area (Å²) in [5.74, 6) is -0.0520. The van der Waals surface area contributed by atoms with Gasteiger partial charge >= 0.3 is 0 Å². The molecule has 2 nitrogen and oxygen atoms in total. The Kier molecular flexibility index (Phi) is 6.23. The fourth-order valence-electron chi connectivity index (χ4n) is 2.40. The molecule has 0 bridgehead atoms. The summed E-state index contributed by atoms with van der Waals surface area (Å²) in [6.07, 6.45) is 1.03. The summed E-state index contributed by atoms with van der Waals surface area (Å²) in [5, 5.41) is 0. The normalized spacial score (nSPS) is 10.6. The number of benzene rings is 2. The van der Waals surface area contributed by atoms with Crippen molar-refractivity contribution in [1.82, 2.24) is 4.90 Å². The van der Waals surface area contributed by atoms with Gasteiger partial charge in [0.1, 0.15) is 0 Å². The van der Waals surface area contributed by atoms with Crippen LogP contribution >= 0.6 is 22.6 Å². The number of hydrogen-bond donors (Lipinski definition) is 0. The maximum atomic E-state index is 12.9. The standard InChI is InChI=1S/C18H20INO/c1-20(14-8-13-19)18(21)17(15-9-4-2-5-10-15)16-11-6-3-7-12-16/h2-7,9-12,17H,8,13-14H2,1H3. The summed E-state index contributed by atoms with van der Waals surface area (Å²) >= 11 is 2.35. The molecule has 0 fully saturated rings. The Morgan fingerprint density at radius 1 is 1.00 bits per heavy atom. The van der Waals surface area contributed by atoms with Crippen LogP contribution in [0.3, 0.4) is 0 Å². The summed E-state index contributed by atoms with van der Waals surface area (Å²) in [4.78, 5) is 14.7. The Hall–Kier alpha value is -1.36. The van der Waals surface area contributed by atoms with Crippen molar-refractivity contribution < 1.29 is 4.79 Å².